The summed E-state index contributed by atoms with van der Waals surface area (Å²) < 4.78 is 48.8. The van der Waals surface area contributed by atoms with Gasteiger partial charge in [0.05, 0.1) is 5.69 Å². The van der Waals surface area contributed by atoms with Crippen LogP contribution in [-0.4, -0.2) is 4.98 Å². The largest absolute Gasteiger partial charge is 0.252 e. The summed E-state index contributed by atoms with van der Waals surface area (Å²) in [6, 6.07) is 0. The smallest absolute Gasteiger partial charge is 0.219 e. The van der Waals surface area contributed by atoms with Crippen molar-refractivity contribution in [3.8, 4) is 0 Å². The molecule has 0 atom stereocenters. The van der Waals surface area contributed by atoms with Crippen molar-refractivity contribution < 1.29 is 17.6 Å². The molecule has 0 aliphatic carbocycles. The van der Waals surface area contributed by atoms with Gasteiger partial charge in [0.1, 0.15) is 0 Å². The van der Waals surface area contributed by atoms with Crippen LogP contribution in [0.4, 0.5) is 17.6 Å². The van der Waals surface area contributed by atoms with Crippen molar-refractivity contribution in [2.45, 2.75) is 20.8 Å². The van der Waals surface area contributed by atoms with Gasteiger partial charge in [-0.15, -0.1) is 0 Å². The van der Waals surface area contributed by atoms with Gasteiger partial charge in [-0.1, -0.05) is 13.8 Å². The van der Waals surface area contributed by atoms with Crippen LogP contribution in [0.3, 0.4) is 0 Å². The highest BCUT2D eigenvalue weighted by Gasteiger charge is 2.17. The Labute approximate surface area is 73.4 Å². The molecule has 0 amide bonds. The molecule has 0 aliphatic heterocycles. The molecule has 13 heavy (non-hydrogen) atoms. The average molecular weight is 195 g/mol. The summed E-state index contributed by atoms with van der Waals surface area (Å²) in [4.78, 5) is 2.78. The minimum absolute atomic E-state index is 0.499. The van der Waals surface area contributed by atoms with Crippen molar-refractivity contribution in [3.05, 3.63) is 29.1 Å². The Kier molecular flexibility index (Phi) is 4.37. The molecule has 0 N–H and O–H groups in total. The Hall–Kier alpha value is -1.13. The molecule has 0 aromatic carbocycles. The van der Waals surface area contributed by atoms with Gasteiger partial charge in [0, 0.05) is 0 Å². The third-order valence-electron chi connectivity index (χ3n) is 1.15. The van der Waals surface area contributed by atoms with Crippen molar-refractivity contribution in [1.29, 1.82) is 0 Å². The summed E-state index contributed by atoms with van der Waals surface area (Å²) >= 11 is 0. The lowest BCUT2D eigenvalue weighted by Crippen LogP contribution is -2.02. The minimum Gasteiger partial charge on any atom is -0.219 e. The molecule has 0 saturated heterocycles. The first-order valence-corrected chi connectivity index (χ1v) is 3.70. The van der Waals surface area contributed by atoms with Gasteiger partial charge in [-0.3, -0.25) is 0 Å². The lowest BCUT2D eigenvalue weighted by Gasteiger charge is -1.98. The van der Waals surface area contributed by atoms with Crippen LogP contribution in [0.5, 0.6) is 0 Å². The zero-order valence-electron chi connectivity index (χ0n) is 7.46. The van der Waals surface area contributed by atoms with Crippen molar-refractivity contribution >= 4 is 0 Å². The highest BCUT2D eigenvalue weighted by molar-refractivity contribution is 5.10. The van der Waals surface area contributed by atoms with E-state index in [4.69, 9.17) is 0 Å². The monoisotopic (exact) mass is 195 g/mol. The predicted molar refractivity (Wildman–Crippen MR) is 40.2 cm³/mol. The van der Waals surface area contributed by atoms with Gasteiger partial charge in [-0.05, 0) is 6.92 Å². The SMILES string of the molecule is CC.Cc1nc(F)c(F)c(F)c1F. The first-order chi connectivity index (χ1) is 6.04. The fourth-order valence-corrected chi connectivity index (χ4v) is 0.591. The van der Waals surface area contributed by atoms with E-state index in [1.165, 1.54) is 0 Å². The molecule has 0 spiro atoms. The van der Waals surface area contributed by atoms with Crippen LogP contribution in [0.2, 0.25) is 0 Å². The van der Waals surface area contributed by atoms with E-state index in [0.717, 1.165) is 6.92 Å². The molecule has 1 aromatic heterocycles. The van der Waals surface area contributed by atoms with Crippen molar-refractivity contribution in [3.63, 3.8) is 0 Å². The van der Waals surface area contributed by atoms with E-state index in [2.05, 4.69) is 4.98 Å². The molecule has 0 aliphatic rings. The third-order valence-corrected chi connectivity index (χ3v) is 1.15. The molecular weight excluding hydrogens is 186 g/mol. The number of aromatic nitrogens is 1. The van der Waals surface area contributed by atoms with Crippen LogP contribution in [0, 0.1) is 30.3 Å². The normalized spacial score (nSPS) is 9.15. The standard InChI is InChI=1S/C6H3F4N.C2H6/c1-2-3(7)4(8)5(9)6(10)11-2;1-2/h1H3;1-2H3. The van der Waals surface area contributed by atoms with Crippen LogP contribution < -0.4 is 0 Å². The highest BCUT2D eigenvalue weighted by atomic mass is 19.2. The zero-order valence-corrected chi connectivity index (χ0v) is 7.46. The zero-order chi connectivity index (χ0) is 10.6. The molecular formula is C8H9F4N. The molecule has 5 heteroatoms. The second-order valence-corrected chi connectivity index (χ2v) is 1.93. The molecule has 1 aromatic rings. The van der Waals surface area contributed by atoms with Gasteiger partial charge < -0.3 is 0 Å². The first-order valence-electron chi connectivity index (χ1n) is 3.70. The molecule has 1 nitrogen and oxygen atoms in total. The van der Waals surface area contributed by atoms with Gasteiger partial charge in [-0.2, -0.15) is 8.78 Å². The van der Waals surface area contributed by atoms with E-state index in [1.807, 2.05) is 13.8 Å². The number of nitrogens with zero attached hydrogens (tertiary/aromatic N) is 1. The van der Waals surface area contributed by atoms with E-state index in [0.29, 0.717) is 0 Å². The number of aryl methyl sites for hydroxylation is 1. The molecule has 0 bridgehead atoms. The van der Waals surface area contributed by atoms with E-state index in [1.54, 1.807) is 0 Å². The molecule has 0 unspecified atom stereocenters. The number of rotatable bonds is 0. The molecule has 1 heterocycles. The Morgan fingerprint density at radius 3 is 1.77 bits per heavy atom. The van der Waals surface area contributed by atoms with E-state index >= 15 is 0 Å². The third kappa shape index (κ3) is 2.40. The van der Waals surface area contributed by atoms with Crippen LogP contribution in [-0.2, 0) is 0 Å². The second-order valence-electron chi connectivity index (χ2n) is 1.93. The van der Waals surface area contributed by atoms with Crippen molar-refractivity contribution in [2.24, 2.45) is 0 Å². The lowest BCUT2D eigenvalue weighted by molar-refractivity contribution is 0.386. The van der Waals surface area contributed by atoms with Crippen LogP contribution >= 0.6 is 0 Å². The summed E-state index contributed by atoms with van der Waals surface area (Å²) in [6.07, 6.45) is 0. The van der Waals surface area contributed by atoms with Crippen LogP contribution in [0.1, 0.15) is 19.5 Å². The van der Waals surface area contributed by atoms with Crippen LogP contribution in [0.15, 0.2) is 0 Å². The molecule has 0 fully saturated rings. The van der Waals surface area contributed by atoms with Crippen molar-refractivity contribution in [1.82, 2.24) is 4.98 Å². The molecule has 1 rings (SSSR count). The number of halogens is 4. The average Bonchev–Trinajstić information content (AvgIpc) is 2.15. The predicted octanol–water partition coefficient (Wildman–Crippen LogP) is 2.97. The van der Waals surface area contributed by atoms with Crippen LogP contribution in [0.25, 0.3) is 0 Å². The number of hydrogen-bond acceptors (Lipinski definition) is 1. The summed E-state index contributed by atoms with van der Waals surface area (Å²) in [5.41, 5.74) is -0.499. The first kappa shape index (κ1) is 11.9. The van der Waals surface area contributed by atoms with E-state index in [9.17, 15) is 17.6 Å². The Bertz CT molecular complexity index is 272. The maximum Gasteiger partial charge on any atom is 0.252 e. The number of hydrogen-bond donors (Lipinski definition) is 0. The maximum absolute atomic E-state index is 12.3. The Morgan fingerprint density at radius 2 is 1.31 bits per heavy atom. The maximum atomic E-state index is 12.3. The van der Waals surface area contributed by atoms with Crippen molar-refractivity contribution in [2.75, 3.05) is 0 Å². The summed E-state index contributed by atoms with van der Waals surface area (Å²) in [6.45, 7) is 5.04. The number of pyridine rings is 1. The Morgan fingerprint density at radius 1 is 0.846 bits per heavy atom. The van der Waals surface area contributed by atoms with E-state index in [-0.39, 0.29) is 0 Å². The molecule has 0 saturated carbocycles. The highest BCUT2D eigenvalue weighted by Crippen LogP contribution is 2.14. The van der Waals surface area contributed by atoms with Gasteiger partial charge in [-0.25, -0.2) is 13.8 Å². The second kappa shape index (κ2) is 4.79. The molecule has 74 valence electrons. The Balaban J connectivity index is 0.000000671. The minimum atomic E-state index is -1.88. The lowest BCUT2D eigenvalue weighted by atomic mass is 10.3. The fraction of sp³-hybridized carbons (Fsp3) is 0.375. The van der Waals surface area contributed by atoms with Gasteiger partial charge >= 0.3 is 0 Å². The van der Waals surface area contributed by atoms with Gasteiger partial charge in [0.25, 0.3) is 5.95 Å². The quantitative estimate of drug-likeness (QED) is 0.458. The summed E-state index contributed by atoms with van der Waals surface area (Å²) in [5, 5.41) is 0. The van der Waals surface area contributed by atoms with E-state index < -0.39 is 29.1 Å². The topological polar surface area (TPSA) is 12.9 Å². The fourth-order valence-electron chi connectivity index (χ4n) is 0.591. The summed E-state index contributed by atoms with van der Waals surface area (Å²) in [7, 11) is 0. The summed E-state index contributed by atoms with van der Waals surface area (Å²) in [5.74, 6) is -6.78. The van der Waals surface area contributed by atoms with Gasteiger partial charge in [0.2, 0.25) is 11.6 Å². The van der Waals surface area contributed by atoms with Gasteiger partial charge in [0.15, 0.2) is 5.82 Å². The molecule has 0 radical (unpaired) electrons.